The number of ether oxygens (including phenoxy) is 2. The lowest BCUT2D eigenvalue weighted by molar-refractivity contribution is 0.101. The van der Waals surface area contributed by atoms with Gasteiger partial charge in [0, 0.05) is 17.5 Å². The topological polar surface area (TPSA) is 70.4 Å². The Hall–Kier alpha value is -2.58. The standard InChI is InChI=1S/C23H24N2O4S2/c1-4-11-25-22(27)20-16-7-5-6-8-19(16)31-21(20)24-23(25)30-13-17(26)15-10-9-14(28-2)12-18(15)29-3/h4,9-10,12H,1,5-8,11,13H2,2-3H3. The van der Waals surface area contributed by atoms with Crippen molar-refractivity contribution in [1.82, 2.24) is 9.55 Å². The van der Waals surface area contributed by atoms with Crippen molar-refractivity contribution >= 4 is 39.1 Å². The van der Waals surface area contributed by atoms with Crippen LogP contribution in [0.3, 0.4) is 0 Å². The van der Waals surface area contributed by atoms with Crippen LogP contribution in [0.25, 0.3) is 10.2 Å². The molecule has 31 heavy (non-hydrogen) atoms. The molecule has 162 valence electrons. The van der Waals surface area contributed by atoms with E-state index in [0.717, 1.165) is 41.5 Å². The molecule has 0 saturated heterocycles. The number of aromatic nitrogens is 2. The smallest absolute Gasteiger partial charge is 0.263 e. The Kier molecular flexibility index (Phi) is 6.48. The number of allylic oxidation sites excluding steroid dienone is 1. The lowest BCUT2D eigenvalue weighted by Crippen LogP contribution is -2.23. The van der Waals surface area contributed by atoms with E-state index in [2.05, 4.69) is 6.58 Å². The van der Waals surface area contributed by atoms with Gasteiger partial charge in [-0.1, -0.05) is 17.8 Å². The van der Waals surface area contributed by atoms with E-state index in [1.807, 2.05) is 0 Å². The predicted molar refractivity (Wildman–Crippen MR) is 125 cm³/mol. The first-order valence-electron chi connectivity index (χ1n) is 10.1. The van der Waals surface area contributed by atoms with Gasteiger partial charge in [-0.05, 0) is 43.4 Å². The minimum atomic E-state index is -0.102. The van der Waals surface area contributed by atoms with Gasteiger partial charge in [-0.25, -0.2) is 4.98 Å². The Labute approximate surface area is 188 Å². The van der Waals surface area contributed by atoms with Crippen LogP contribution in [0.2, 0.25) is 0 Å². The summed E-state index contributed by atoms with van der Waals surface area (Å²) in [5, 5.41) is 1.28. The van der Waals surface area contributed by atoms with Crippen molar-refractivity contribution in [3.63, 3.8) is 0 Å². The molecule has 0 atom stereocenters. The third-order valence-electron chi connectivity index (χ3n) is 5.39. The summed E-state index contributed by atoms with van der Waals surface area (Å²) in [5.74, 6) is 1.12. The summed E-state index contributed by atoms with van der Waals surface area (Å²) in [7, 11) is 3.09. The summed E-state index contributed by atoms with van der Waals surface area (Å²) in [6.07, 6.45) is 5.89. The predicted octanol–water partition coefficient (Wildman–Crippen LogP) is 4.52. The number of ketones is 1. The van der Waals surface area contributed by atoms with Crippen LogP contribution in [-0.2, 0) is 19.4 Å². The maximum absolute atomic E-state index is 13.3. The van der Waals surface area contributed by atoms with Crippen molar-refractivity contribution in [2.75, 3.05) is 20.0 Å². The lowest BCUT2D eigenvalue weighted by Gasteiger charge is -2.13. The zero-order valence-corrected chi connectivity index (χ0v) is 19.2. The highest BCUT2D eigenvalue weighted by Crippen LogP contribution is 2.35. The number of thiophene rings is 1. The largest absolute Gasteiger partial charge is 0.497 e. The van der Waals surface area contributed by atoms with Gasteiger partial charge in [-0.2, -0.15) is 0 Å². The molecule has 0 fully saturated rings. The molecule has 4 rings (SSSR count). The van der Waals surface area contributed by atoms with Crippen molar-refractivity contribution in [1.29, 1.82) is 0 Å². The van der Waals surface area contributed by atoms with Gasteiger partial charge in [0.1, 0.15) is 16.3 Å². The molecule has 3 aromatic rings. The second-order valence-corrected chi connectivity index (χ2v) is 9.29. The number of rotatable bonds is 8. The molecular formula is C23H24N2O4S2. The van der Waals surface area contributed by atoms with Gasteiger partial charge in [0.05, 0.1) is 30.9 Å². The van der Waals surface area contributed by atoms with Gasteiger partial charge in [-0.15, -0.1) is 17.9 Å². The van der Waals surface area contributed by atoms with Crippen molar-refractivity contribution in [3.05, 3.63) is 57.2 Å². The molecule has 0 amide bonds. The summed E-state index contributed by atoms with van der Waals surface area (Å²) in [4.78, 5) is 33.0. The number of nitrogens with zero attached hydrogens (tertiary/aromatic N) is 2. The molecule has 0 N–H and O–H groups in total. The molecule has 0 saturated carbocycles. The fourth-order valence-corrected chi connectivity index (χ4v) is 6.05. The third kappa shape index (κ3) is 4.14. The van der Waals surface area contributed by atoms with E-state index in [1.165, 1.54) is 23.7 Å². The van der Waals surface area contributed by atoms with Crippen molar-refractivity contribution < 1.29 is 14.3 Å². The van der Waals surface area contributed by atoms with Crippen LogP contribution in [0, 0.1) is 0 Å². The summed E-state index contributed by atoms with van der Waals surface area (Å²) in [6, 6.07) is 5.11. The molecule has 0 bridgehead atoms. The maximum Gasteiger partial charge on any atom is 0.263 e. The van der Waals surface area contributed by atoms with E-state index in [4.69, 9.17) is 14.5 Å². The summed E-state index contributed by atoms with van der Waals surface area (Å²) in [5.41, 5.74) is 1.60. The first-order valence-corrected chi connectivity index (χ1v) is 11.9. The number of Topliss-reactive ketones (excluding diaryl/α,β-unsaturated/α-hetero) is 1. The van der Waals surface area contributed by atoms with E-state index in [1.54, 1.807) is 47.3 Å². The highest BCUT2D eigenvalue weighted by Gasteiger charge is 2.23. The fourth-order valence-electron chi connectivity index (χ4n) is 3.86. The molecule has 1 aliphatic rings. The monoisotopic (exact) mass is 456 g/mol. The normalized spacial score (nSPS) is 13.1. The molecule has 2 heterocycles. The van der Waals surface area contributed by atoms with Gasteiger partial charge in [0.25, 0.3) is 5.56 Å². The Morgan fingerprint density at radius 1 is 1.29 bits per heavy atom. The first-order chi connectivity index (χ1) is 15.1. The number of fused-ring (bicyclic) bond motifs is 3. The average Bonchev–Trinajstić information content (AvgIpc) is 3.17. The number of methoxy groups -OCH3 is 2. The number of hydrogen-bond donors (Lipinski definition) is 0. The van der Waals surface area contributed by atoms with Crippen molar-refractivity contribution in [3.8, 4) is 11.5 Å². The zero-order chi connectivity index (χ0) is 22.0. The highest BCUT2D eigenvalue weighted by atomic mass is 32.2. The molecule has 2 aromatic heterocycles. The van der Waals surface area contributed by atoms with Crippen LogP contribution < -0.4 is 15.0 Å². The number of hydrogen-bond acceptors (Lipinski definition) is 7. The van der Waals surface area contributed by atoms with Gasteiger partial charge in [0.2, 0.25) is 0 Å². The van der Waals surface area contributed by atoms with E-state index in [-0.39, 0.29) is 17.1 Å². The van der Waals surface area contributed by atoms with Crippen LogP contribution >= 0.6 is 23.1 Å². The number of thioether (sulfide) groups is 1. The SMILES string of the molecule is C=CCn1c(SCC(=O)c2ccc(OC)cc2OC)nc2sc3c(c2c1=O)CCCC3. The van der Waals surface area contributed by atoms with Gasteiger partial charge < -0.3 is 9.47 Å². The van der Waals surface area contributed by atoms with Crippen LogP contribution in [0.5, 0.6) is 11.5 Å². The summed E-state index contributed by atoms with van der Waals surface area (Å²) in [6.45, 7) is 4.14. The molecule has 0 radical (unpaired) electrons. The molecule has 8 heteroatoms. The van der Waals surface area contributed by atoms with E-state index < -0.39 is 0 Å². The van der Waals surface area contributed by atoms with Gasteiger partial charge in [0.15, 0.2) is 10.9 Å². The maximum atomic E-state index is 13.3. The van der Waals surface area contributed by atoms with Crippen LogP contribution in [0.15, 0.2) is 40.8 Å². The zero-order valence-electron chi connectivity index (χ0n) is 17.6. The number of benzene rings is 1. The van der Waals surface area contributed by atoms with Crippen LogP contribution in [0.4, 0.5) is 0 Å². The minimum absolute atomic E-state index is 0.0405. The molecule has 1 aromatic carbocycles. The van der Waals surface area contributed by atoms with E-state index >= 15 is 0 Å². The molecule has 0 aliphatic heterocycles. The number of carbonyl (C=O) groups excluding carboxylic acids is 1. The molecular weight excluding hydrogens is 432 g/mol. The molecule has 0 unspecified atom stereocenters. The molecule has 6 nitrogen and oxygen atoms in total. The van der Waals surface area contributed by atoms with Crippen molar-refractivity contribution in [2.45, 2.75) is 37.4 Å². The minimum Gasteiger partial charge on any atom is -0.497 e. The molecule has 0 spiro atoms. The Morgan fingerprint density at radius 2 is 2.10 bits per heavy atom. The third-order valence-corrected chi connectivity index (χ3v) is 7.56. The second-order valence-electron chi connectivity index (χ2n) is 7.27. The number of aryl methyl sites for hydroxylation is 2. The van der Waals surface area contributed by atoms with Crippen LogP contribution in [0.1, 0.15) is 33.6 Å². The highest BCUT2D eigenvalue weighted by molar-refractivity contribution is 7.99. The first kappa shape index (κ1) is 21.6. The Bertz CT molecular complexity index is 1210. The van der Waals surface area contributed by atoms with E-state index in [9.17, 15) is 9.59 Å². The van der Waals surface area contributed by atoms with Crippen LogP contribution in [-0.4, -0.2) is 35.3 Å². The Morgan fingerprint density at radius 3 is 2.84 bits per heavy atom. The second kappa shape index (κ2) is 9.28. The fraction of sp³-hybridized carbons (Fsp3) is 0.348. The summed E-state index contributed by atoms with van der Waals surface area (Å²) < 4.78 is 12.2. The average molecular weight is 457 g/mol. The lowest BCUT2D eigenvalue weighted by atomic mass is 9.97. The quantitative estimate of drug-likeness (QED) is 0.215. The van der Waals surface area contributed by atoms with Crippen molar-refractivity contribution in [2.24, 2.45) is 0 Å². The Balaban J connectivity index is 1.67. The van der Waals surface area contributed by atoms with Gasteiger partial charge in [-0.3, -0.25) is 14.2 Å². The van der Waals surface area contributed by atoms with Gasteiger partial charge >= 0.3 is 0 Å². The summed E-state index contributed by atoms with van der Waals surface area (Å²) >= 11 is 2.88. The number of carbonyl (C=O) groups is 1. The van der Waals surface area contributed by atoms with E-state index in [0.29, 0.717) is 28.8 Å². The molecule has 1 aliphatic carbocycles.